The number of nitrogens with two attached hydrogens (primary N) is 1. The van der Waals surface area contributed by atoms with Crippen LogP contribution in [0, 0.1) is 0 Å². The summed E-state index contributed by atoms with van der Waals surface area (Å²) in [6, 6.07) is 10.5. The Morgan fingerprint density at radius 1 is 1.26 bits per heavy atom. The van der Waals surface area contributed by atoms with E-state index in [2.05, 4.69) is 29.6 Å². The van der Waals surface area contributed by atoms with E-state index in [1.54, 1.807) is 0 Å². The first-order valence-electron chi connectivity index (χ1n) is 8.58. The van der Waals surface area contributed by atoms with Crippen LogP contribution in [0.3, 0.4) is 0 Å². The van der Waals surface area contributed by atoms with Gasteiger partial charge >= 0.3 is 0 Å². The van der Waals surface area contributed by atoms with Gasteiger partial charge in [-0.2, -0.15) is 0 Å². The van der Waals surface area contributed by atoms with Crippen LogP contribution in [-0.2, 0) is 9.53 Å². The van der Waals surface area contributed by atoms with Gasteiger partial charge in [0.25, 0.3) is 0 Å². The lowest BCUT2D eigenvalue weighted by atomic mass is 10.1. The summed E-state index contributed by atoms with van der Waals surface area (Å²) in [5, 5.41) is 3.15. The standard InChI is InChI=1S/C18H26N2O2S/c19-12-14-8-9-16(22-14)17(21)20-13-18(10-4-5-11-18)23-15-6-2-1-3-7-15/h1-3,6-7,14,16H,4-5,8-13,19H2,(H,20,21)/t14-,16+/m1/s1. The maximum atomic E-state index is 12.4. The number of hydrogen-bond donors (Lipinski definition) is 2. The van der Waals surface area contributed by atoms with Gasteiger partial charge in [0, 0.05) is 22.7 Å². The van der Waals surface area contributed by atoms with Crippen LogP contribution in [0.4, 0.5) is 0 Å². The molecule has 1 aliphatic heterocycles. The molecule has 1 amide bonds. The molecule has 126 valence electrons. The summed E-state index contributed by atoms with van der Waals surface area (Å²) >= 11 is 1.91. The number of hydrogen-bond acceptors (Lipinski definition) is 4. The van der Waals surface area contributed by atoms with Crippen molar-refractivity contribution in [2.24, 2.45) is 5.73 Å². The number of thioether (sulfide) groups is 1. The summed E-state index contributed by atoms with van der Waals surface area (Å²) in [6.45, 7) is 1.22. The van der Waals surface area contributed by atoms with E-state index in [-0.39, 0.29) is 22.9 Å². The van der Waals surface area contributed by atoms with Crippen molar-refractivity contribution in [3.05, 3.63) is 30.3 Å². The van der Waals surface area contributed by atoms with Crippen LogP contribution in [0.25, 0.3) is 0 Å². The van der Waals surface area contributed by atoms with Crippen molar-refractivity contribution in [2.45, 2.75) is 60.4 Å². The largest absolute Gasteiger partial charge is 0.364 e. The summed E-state index contributed by atoms with van der Waals surface area (Å²) in [5.74, 6) is 0.0286. The molecule has 23 heavy (non-hydrogen) atoms. The van der Waals surface area contributed by atoms with Crippen LogP contribution in [0.15, 0.2) is 35.2 Å². The van der Waals surface area contributed by atoms with Gasteiger partial charge < -0.3 is 15.8 Å². The highest BCUT2D eigenvalue weighted by Gasteiger charge is 2.37. The Kier molecular flexibility index (Phi) is 5.62. The molecule has 1 aromatic carbocycles. The molecule has 1 aliphatic carbocycles. The molecular weight excluding hydrogens is 308 g/mol. The van der Waals surface area contributed by atoms with E-state index in [1.165, 1.54) is 17.7 Å². The molecular formula is C18H26N2O2S. The lowest BCUT2D eigenvalue weighted by Crippen LogP contribution is -2.43. The monoisotopic (exact) mass is 334 g/mol. The second-order valence-corrected chi connectivity index (χ2v) is 8.12. The predicted molar refractivity (Wildman–Crippen MR) is 93.5 cm³/mol. The highest BCUT2D eigenvalue weighted by Crippen LogP contribution is 2.44. The molecule has 2 fully saturated rings. The first kappa shape index (κ1) is 16.8. The molecule has 0 radical (unpaired) electrons. The fourth-order valence-electron chi connectivity index (χ4n) is 3.51. The molecule has 1 aromatic rings. The lowest BCUT2D eigenvalue weighted by Gasteiger charge is -2.29. The Balaban J connectivity index is 1.56. The molecule has 2 atom stereocenters. The Labute approximate surface area is 142 Å². The van der Waals surface area contributed by atoms with Gasteiger partial charge in [-0.1, -0.05) is 31.0 Å². The molecule has 0 bridgehead atoms. The SMILES string of the molecule is NC[C@H]1CC[C@@H](C(=O)NCC2(Sc3ccccc3)CCCC2)O1. The number of rotatable bonds is 6. The number of carbonyl (C=O) groups is 1. The van der Waals surface area contributed by atoms with Crippen LogP contribution in [0.2, 0.25) is 0 Å². The molecule has 0 spiro atoms. The summed E-state index contributed by atoms with van der Waals surface area (Å²) in [6.07, 6.45) is 6.20. The highest BCUT2D eigenvalue weighted by molar-refractivity contribution is 8.00. The van der Waals surface area contributed by atoms with Gasteiger partial charge in [0.2, 0.25) is 5.91 Å². The first-order valence-corrected chi connectivity index (χ1v) is 9.40. The summed E-state index contributed by atoms with van der Waals surface area (Å²) < 4.78 is 5.82. The second-order valence-electron chi connectivity index (χ2n) is 6.58. The summed E-state index contributed by atoms with van der Waals surface area (Å²) in [5.41, 5.74) is 5.62. The van der Waals surface area contributed by atoms with Gasteiger partial charge in [0.05, 0.1) is 6.10 Å². The third kappa shape index (κ3) is 4.28. The zero-order chi connectivity index (χ0) is 16.1. The van der Waals surface area contributed by atoms with E-state index in [1.807, 2.05) is 17.8 Å². The minimum absolute atomic E-state index is 0.0286. The third-order valence-corrected chi connectivity index (χ3v) is 6.33. The van der Waals surface area contributed by atoms with E-state index in [4.69, 9.17) is 10.5 Å². The van der Waals surface area contributed by atoms with Gasteiger partial charge in [0.15, 0.2) is 0 Å². The fraction of sp³-hybridized carbons (Fsp3) is 0.611. The van der Waals surface area contributed by atoms with Crippen molar-refractivity contribution in [3.63, 3.8) is 0 Å². The number of amides is 1. The quantitative estimate of drug-likeness (QED) is 0.839. The van der Waals surface area contributed by atoms with Crippen molar-refractivity contribution in [1.29, 1.82) is 0 Å². The van der Waals surface area contributed by atoms with E-state index in [0.29, 0.717) is 6.54 Å². The van der Waals surface area contributed by atoms with Crippen molar-refractivity contribution >= 4 is 17.7 Å². The van der Waals surface area contributed by atoms with Gasteiger partial charge in [-0.05, 0) is 37.8 Å². The van der Waals surface area contributed by atoms with Crippen LogP contribution >= 0.6 is 11.8 Å². The number of benzene rings is 1. The number of nitrogens with one attached hydrogen (secondary N) is 1. The Bertz CT molecular complexity index is 517. The smallest absolute Gasteiger partial charge is 0.249 e. The lowest BCUT2D eigenvalue weighted by molar-refractivity contribution is -0.131. The normalized spacial score (nSPS) is 26.3. The third-order valence-electron chi connectivity index (χ3n) is 4.84. The minimum atomic E-state index is -0.316. The molecule has 0 unspecified atom stereocenters. The second kappa shape index (κ2) is 7.69. The fourth-order valence-corrected chi connectivity index (χ4v) is 4.94. The van der Waals surface area contributed by atoms with Gasteiger partial charge in [-0.15, -0.1) is 11.8 Å². The Morgan fingerprint density at radius 2 is 2.00 bits per heavy atom. The van der Waals surface area contributed by atoms with E-state index in [0.717, 1.165) is 32.2 Å². The maximum Gasteiger partial charge on any atom is 0.249 e. The molecule has 0 aromatic heterocycles. The molecule has 1 heterocycles. The van der Waals surface area contributed by atoms with Crippen LogP contribution in [0.5, 0.6) is 0 Å². The molecule has 2 aliphatic rings. The Morgan fingerprint density at radius 3 is 2.65 bits per heavy atom. The van der Waals surface area contributed by atoms with Crippen molar-refractivity contribution in [1.82, 2.24) is 5.32 Å². The Hall–Kier alpha value is -1.04. The predicted octanol–water partition coefficient (Wildman–Crippen LogP) is 2.71. The van der Waals surface area contributed by atoms with Crippen LogP contribution in [-0.4, -0.2) is 36.0 Å². The zero-order valence-corrected chi connectivity index (χ0v) is 14.3. The van der Waals surface area contributed by atoms with Crippen molar-refractivity contribution in [2.75, 3.05) is 13.1 Å². The van der Waals surface area contributed by atoms with Crippen LogP contribution < -0.4 is 11.1 Å². The van der Waals surface area contributed by atoms with E-state index < -0.39 is 0 Å². The highest BCUT2D eigenvalue weighted by atomic mass is 32.2. The molecule has 4 nitrogen and oxygen atoms in total. The zero-order valence-electron chi connectivity index (χ0n) is 13.5. The molecule has 3 N–H and O–H groups in total. The van der Waals surface area contributed by atoms with Crippen LogP contribution in [0.1, 0.15) is 38.5 Å². The topological polar surface area (TPSA) is 64.4 Å². The summed E-state index contributed by atoms with van der Waals surface area (Å²) in [7, 11) is 0. The molecule has 5 heteroatoms. The number of ether oxygens (including phenoxy) is 1. The average molecular weight is 334 g/mol. The van der Waals surface area contributed by atoms with E-state index in [9.17, 15) is 4.79 Å². The van der Waals surface area contributed by atoms with Gasteiger partial charge in [-0.3, -0.25) is 4.79 Å². The van der Waals surface area contributed by atoms with Crippen molar-refractivity contribution in [3.8, 4) is 0 Å². The van der Waals surface area contributed by atoms with Gasteiger partial charge in [0.1, 0.15) is 6.10 Å². The van der Waals surface area contributed by atoms with E-state index >= 15 is 0 Å². The first-order chi connectivity index (χ1) is 11.2. The number of carbonyl (C=O) groups excluding carboxylic acids is 1. The molecule has 1 saturated carbocycles. The summed E-state index contributed by atoms with van der Waals surface area (Å²) in [4.78, 5) is 13.7. The maximum absolute atomic E-state index is 12.4. The minimum Gasteiger partial charge on any atom is -0.364 e. The molecule has 3 rings (SSSR count). The van der Waals surface area contributed by atoms with Gasteiger partial charge in [-0.25, -0.2) is 0 Å². The molecule has 1 saturated heterocycles. The average Bonchev–Trinajstić information content (AvgIpc) is 3.23. The van der Waals surface area contributed by atoms with Crippen molar-refractivity contribution < 1.29 is 9.53 Å².